The predicted molar refractivity (Wildman–Crippen MR) is 427 cm³/mol. The third-order valence-electron chi connectivity index (χ3n) is 16.3. The van der Waals surface area contributed by atoms with Crippen LogP contribution in [0.2, 0.25) is 0 Å². The predicted octanol–water partition coefficient (Wildman–Crippen LogP) is 23.4. The minimum atomic E-state index is -5.00. The van der Waals surface area contributed by atoms with E-state index in [9.17, 15) is 43.2 Å². The number of carbonyl (C=O) groups is 4. The monoisotopic (exact) mass is 1500 g/mol. The number of aliphatic hydroxyl groups excluding tert-OH is 1. The first-order valence-electron chi connectivity index (χ1n) is 40.1. The highest BCUT2D eigenvalue weighted by Crippen LogP contribution is 2.45. The summed E-state index contributed by atoms with van der Waals surface area (Å²) in [6, 6.07) is 0. The Labute approximate surface area is 630 Å². The molecule has 0 spiro atoms. The molecule has 17 nitrogen and oxygen atoms in total. The smallest absolute Gasteiger partial charge is 0.462 e. The molecule has 5 unspecified atom stereocenters. The standard InChI is InChI=1S/C85H142O17P2/c1-5-9-13-17-21-25-29-32-35-37-39-41-44-47-51-54-58-62-66-70-83(88)96-76-81(102-85(90)72-68-64-60-56-52-48-45-42-40-38-36-33-30-26-22-18-14-10-6-2)78-100-104(93,94)98-74-79(86)73-97-103(91,92)99-77-80(101-84(89)71-67-63-59-55-49-28-24-20-16-12-8-4)75-95-82(87)69-65-61-57-53-50-46-43-34-31-27-23-19-15-11-7-3/h9,11,13,15,21-23,25-27,32-36,39-43,50,53,61,65,79-81,86H,5-8,10,12,14,16-20,24,28-31,37-38,44-49,51-52,54-60,62-64,66-78H2,1-4H3,(H,91,92)(H,93,94)/b13-9-,15-11-,25-21-,26-22-,27-23-,35-32-,36-33-,41-39-,42-40-,43-34-,53-50-,65-61-. The van der Waals surface area contributed by atoms with Crippen molar-refractivity contribution in [2.24, 2.45) is 0 Å². The number of unbranched alkanes of at least 4 members (excludes halogenated alkanes) is 25. The molecular weight excluding hydrogens is 1350 g/mol. The number of hydrogen-bond donors (Lipinski definition) is 3. The summed E-state index contributed by atoms with van der Waals surface area (Å²) in [6.45, 7) is 4.47. The van der Waals surface area contributed by atoms with Gasteiger partial charge in [-0.1, -0.05) is 302 Å². The Morgan fingerprint density at radius 2 is 0.538 bits per heavy atom. The van der Waals surface area contributed by atoms with Gasteiger partial charge in [-0.2, -0.15) is 0 Å². The Balaban J connectivity index is 5.42. The first-order valence-corrected chi connectivity index (χ1v) is 43.1. The second kappa shape index (κ2) is 76.1. The zero-order chi connectivity index (χ0) is 76.0. The van der Waals surface area contributed by atoms with E-state index >= 15 is 0 Å². The molecule has 0 rings (SSSR count). The lowest BCUT2D eigenvalue weighted by Gasteiger charge is -2.21. The number of phosphoric acid groups is 2. The fourth-order valence-corrected chi connectivity index (χ4v) is 11.9. The third kappa shape index (κ3) is 75.2. The van der Waals surface area contributed by atoms with Gasteiger partial charge in [-0.05, 0) is 128 Å². The van der Waals surface area contributed by atoms with E-state index in [4.69, 9.17) is 37.0 Å². The zero-order valence-corrected chi connectivity index (χ0v) is 66.7. The van der Waals surface area contributed by atoms with Gasteiger partial charge in [-0.25, -0.2) is 9.13 Å². The first kappa shape index (κ1) is 98.9. The van der Waals surface area contributed by atoms with Crippen molar-refractivity contribution in [2.45, 2.75) is 329 Å². The molecule has 0 aromatic carbocycles. The van der Waals surface area contributed by atoms with Crippen molar-refractivity contribution < 1.29 is 80.2 Å². The van der Waals surface area contributed by atoms with Crippen molar-refractivity contribution in [2.75, 3.05) is 39.6 Å². The number of allylic oxidation sites excluding steroid dienone is 23. The van der Waals surface area contributed by atoms with Gasteiger partial charge >= 0.3 is 39.5 Å². The number of phosphoric ester groups is 2. The number of esters is 4. The fourth-order valence-electron chi connectivity index (χ4n) is 10.3. The van der Waals surface area contributed by atoms with Gasteiger partial charge in [0.2, 0.25) is 0 Å². The molecule has 0 fully saturated rings. The summed E-state index contributed by atoms with van der Waals surface area (Å²) in [5, 5.41) is 10.6. The van der Waals surface area contributed by atoms with Gasteiger partial charge in [-0.15, -0.1) is 0 Å². The van der Waals surface area contributed by atoms with Gasteiger partial charge < -0.3 is 33.8 Å². The van der Waals surface area contributed by atoms with E-state index in [1.807, 2.05) is 18.2 Å². The van der Waals surface area contributed by atoms with E-state index in [-0.39, 0.29) is 25.7 Å². The topological polar surface area (TPSA) is 237 Å². The van der Waals surface area contributed by atoms with E-state index in [0.717, 1.165) is 173 Å². The van der Waals surface area contributed by atoms with Crippen LogP contribution in [-0.2, 0) is 65.4 Å². The largest absolute Gasteiger partial charge is 0.472 e. The minimum Gasteiger partial charge on any atom is -0.462 e. The highest BCUT2D eigenvalue weighted by atomic mass is 31.2. The summed E-state index contributed by atoms with van der Waals surface area (Å²) in [7, 11) is -9.99. The molecule has 0 radical (unpaired) electrons. The van der Waals surface area contributed by atoms with Gasteiger partial charge in [0.1, 0.15) is 19.3 Å². The molecular formula is C85H142O17P2. The number of ether oxygens (including phenoxy) is 4. The molecule has 0 aromatic heterocycles. The van der Waals surface area contributed by atoms with E-state index < -0.39 is 97.5 Å². The van der Waals surface area contributed by atoms with Crippen LogP contribution in [-0.4, -0.2) is 96.7 Å². The van der Waals surface area contributed by atoms with Crippen molar-refractivity contribution >= 4 is 39.5 Å². The molecule has 0 saturated carbocycles. The second-order valence-electron chi connectivity index (χ2n) is 26.3. The molecule has 3 N–H and O–H groups in total. The van der Waals surface area contributed by atoms with Crippen LogP contribution in [0.3, 0.4) is 0 Å². The van der Waals surface area contributed by atoms with Gasteiger partial charge in [0.05, 0.1) is 32.8 Å². The molecule has 0 bridgehead atoms. The van der Waals surface area contributed by atoms with E-state index in [2.05, 4.69) is 149 Å². The molecule has 0 heterocycles. The molecule has 594 valence electrons. The van der Waals surface area contributed by atoms with Crippen LogP contribution < -0.4 is 0 Å². The normalized spacial score (nSPS) is 14.6. The van der Waals surface area contributed by atoms with Gasteiger partial charge in [-0.3, -0.25) is 37.3 Å². The van der Waals surface area contributed by atoms with Crippen LogP contribution in [0, 0.1) is 0 Å². The summed E-state index contributed by atoms with van der Waals surface area (Å²) in [6.07, 6.45) is 87.1. The summed E-state index contributed by atoms with van der Waals surface area (Å²) in [5.41, 5.74) is 0. The zero-order valence-electron chi connectivity index (χ0n) is 64.9. The van der Waals surface area contributed by atoms with Crippen molar-refractivity contribution in [1.82, 2.24) is 0 Å². The number of aliphatic hydroxyl groups is 1. The highest BCUT2D eigenvalue weighted by molar-refractivity contribution is 7.47. The molecule has 0 aliphatic heterocycles. The van der Waals surface area contributed by atoms with Crippen LogP contribution in [0.25, 0.3) is 0 Å². The van der Waals surface area contributed by atoms with Crippen LogP contribution >= 0.6 is 15.6 Å². The van der Waals surface area contributed by atoms with Crippen molar-refractivity contribution in [1.29, 1.82) is 0 Å². The van der Waals surface area contributed by atoms with Crippen molar-refractivity contribution in [3.8, 4) is 0 Å². The molecule has 0 aliphatic rings. The van der Waals surface area contributed by atoms with E-state index in [0.29, 0.717) is 25.7 Å². The molecule has 0 amide bonds. The second-order valence-corrected chi connectivity index (χ2v) is 29.2. The quantitative estimate of drug-likeness (QED) is 0.0169. The Kier molecular flexibility index (Phi) is 72.4. The van der Waals surface area contributed by atoms with Crippen molar-refractivity contribution in [3.05, 3.63) is 146 Å². The Morgan fingerprint density at radius 3 is 0.875 bits per heavy atom. The molecule has 0 aromatic rings. The molecule has 5 atom stereocenters. The summed E-state index contributed by atoms with van der Waals surface area (Å²) in [4.78, 5) is 72.9. The SMILES string of the molecule is CC/C=C\C/C=C\C/C=C\C/C=C\C/C=C\CC(=O)OCC(COP(=O)(O)OCC(O)COP(=O)(O)OCC(COC(=O)CCCCCCCC/C=C\C/C=C\C/C=C\C/C=C\CC)OC(=O)CCCCCCCC/C=C\C/C=C\C/C=C\CCCCC)OC(=O)CCCCCCCCCCCCC. The maximum atomic E-state index is 13.1. The first-order chi connectivity index (χ1) is 50.7. The average molecular weight is 1500 g/mol. The molecule has 0 aliphatic carbocycles. The van der Waals surface area contributed by atoms with E-state index in [1.54, 1.807) is 6.08 Å². The number of hydrogen-bond acceptors (Lipinski definition) is 15. The van der Waals surface area contributed by atoms with Gasteiger partial charge in [0.15, 0.2) is 12.2 Å². The van der Waals surface area contributed by atoms with Crippen LogP contribution in [0.5, 0.6) is 0 Å². The lowest BCUT2D eigenvalue weighted by molar-refractivity contribution is -0.161. The minimum absolute atomic E-state index is 0.0713. The summed E-state index contributed by atoms with van der Waals surface area (Å²) in [5.74, 6) is -2.35. The Bertz CT molecular complexity index is 2540. The van der Waals surface area contributed by atoms with Crippen LogP contribution in [0.1, 0.15) is 310 Å². The summed E-state index contributed by atoms with van der Waals surface area (Å²) < 4.78 is 68.4. The lowest BCUT2D eigenvalue weighted by atomic mass is 10.1. The van der Waals surface area contributed by atoms with Gasteiger partial charge in [0, 0.05) is 19.3 Å². The maximum absolute atomic E-state index is 13.1. The highest BCUT2D eigenvalue weighted by Gasteiger charge is 2.30. The average Bonchev–Trinajstić information content (AvgIpc) is 0.928. The third-order valence-corrected chi connectivity index (χ3v) is 18.2. The van der Waals surface area contributed by atoms with E-state index in [1.165, 1.54) is 57.8 Å². The lowest BCUT2D eigenvalue weighted by Crippen LogP contribution is -2.30. The number of rotatable bonds is 74. The Hall–Kier alpha value is -5.06. The van der Waals surface area contributed by atoms with Gasteiger partial charge in [0.25, 0.3) is 0 Å². The molecule has 0 saturated heterocycles. The fraction of sp³-hybridized carbons (Fsp3) is 0.671. The maximum Gasteiger partial charge on any atom is 0.472 e. The van der Waals surface area contributed by atoms with Crippen molar-refractivity contribution in [3.63, 3.8) is 0 Å². The number of carbonyl (C=O) groups excluding carboxylic acids is 4. The summed E-state index contributed by atoms with van der Waals surface area (Å²) >= 11 is 0. The molecule has 104 heavy (non-hydrogen) atoms. The van der Waals surface area contributed by atoms with Crippen LogP contribution in [0.15, 0.2) is 146 Å². The molecule has 19 heteroatoms. The Morgan fingerprint density at radius 1 is 0.288 bits per heavy atom. The van der Waals surface area contributed by atoms with Crippen LogP contribution in [0.4, 0.5) is 0 Å².